The molecular formula is C18H21NO6S. The van der Waals surface area contributed by atoms with Gasteiger partial charge in [-0.2, -0.15) is 4.31 Å². The fraction of sp³-hybridized carbons (Fsp3) is 0.278. The van der Waals surface area contributed by atoms with Gasteiger partial charge in [0, 0.05) is 20.2 Å². The molecule has 2 aromatic carbocycles. The van der Waals surface area contributed by atoms with E-state index in [1.165, 1.54) is 18.3 Å². The van der Waals surface area contributed by atoms with Gasteiger partial charge in [0.2, 0.25) is 10.0 Å². The van der Waals surface area contributed by atoms with Crippen molar-refractivity contribution in [3.63, 3.8) is 0 Å². The largest absolute Gasteiger partial charge is 0.507 e. The van der Waals surface area contributed by atoms with Crippen LogP contribution < -0.4 is 0 Å². The predicted octanol–water partition coefficient (Wildman–Crippen LogP) is 2.24. The van der Waals surface area contributed by atoms with Gasteiger partial charge in [0.25, 0.3) is 0 Å². The number of hydrogen-bond acceptors (Lipinski definition) is 5. The first-order valence-corrected chi connectivity index (χ1v) is 9.31. The van der Waals surface area contributed by atoms with Crippen LogP contribution in [0.2, 0.25) is 0 Å². The summed E-state index contributed by atoms with van der Waals surface area (Å²) in [4.78, 5) is 11.1. The zero-order valence-electron chi connectivity index (χ0n) is 14.5. The molecule has 0 saturated carbocycles. The third kappa shape index (κ3) is 4.40. The van der Waals surface area contributed by atoms with Crippen molar-refractivity contribution in [1.29, 1.82) is 0 Å². The number of methoxy groups -OCH3 is 1. The second kappa shape index (κ2) is 8.31. The van der Waals surface area contributed by atoms with Crippen LogP contribution in [0.15, 0.2) is 47.4 Å². The Labute approximate surface area is 152 Å². The van der Waals surface area contributed by atoms with E-state index in [0.717, 1.165) is 17.7 Å². The van der Waals surface area contributed by atoms with Crippen LogP contribution in [0.25, 0.3) is 0 Å². The Morgan fingerprint density at radius 2 is 1.85 bits per heavy atom. The molecule has 0 aliphatic rings. The lowest BCUT2D eigenvalue weighted by molar-refractivity contribution is 0.0693. The minimum atomic E-state index is -4.00. The van der Waals surface area contributed by atoms with Crippen molar-refractivity contribution in [2.45, 2.75) is 18.4 Å². The number of hydrogen-bond donors (Lipinski definition) is 2. The van der Waals surface area contributed by atoms with Gasteiger partial charge in [0.15, 0.2) is 0 Å². The number of phenols is 1. The number of aromatic carboxylic acids is 1. The van der Waals surface area contributed by atoms with Gasteiger partial charge in [-0.1, -0.05) is 30.3 Å². The van der Waals surface area contributed by atoms with E-state index in [9.17, 15) is 23.4 Å². The zero-order chi connectivity index (χ0) is 19.3. The van der Waals surface area contributed by atoms with Gasteiger partial charge in [-0.15, -0.1) is 0 Å². The molecule has 26 heavy (non-hydrogen) atoms. The summed E-state index contributed by atoms with van der Waals surface area (Å²) in [6.45, 7) is 1.93. The predicted molar refractivity (Wildman–Crippen MR) is 95.7 cm³/mol. The van der Waals surface area contributed by atoms with Crippen molar-refractivity contribution in [3.8, 4) is 5.75 Å². The molecule has 140 valence electrons. The van der Waals surface area contributed by atoms with Crippen LogP contribution in [0.1, 0.15) is 21.5 Å². The fourth-order valence-corrected chi connectivity index (χ4v) is 4.17. The minimum Gasteiger partial charge on any atom is -0.507 e. The number of rotatable bonds is 8. The number of ether oxygens (including phenoxy) is 1. The molecule has 0 fully saturated rings. The summed E-state index contributed by atoms with van der Waals surface area (Å²) < 4.78 is 32.5. The van der Waals surface area contributed by atoms with Crippen molar-refractivity contribution < 1.29 is 28.2 Å². The number of nitrogens with zero attached hydrogens (tertiary/aromatic N) is 1. The van der Waals surface area contributed by atoms with Crippen LogP contribution >= 0.6 is 0 Å². The van der Waals surface area contributed by atoms with E-state index in [0.29, 0.717) is 0 Å². The lowest BCUT2D eigenvalue weighted by Gasteiger charge is -2.23. The molecule has 0 amide bonds. The van der Waals surface area contributed by atoms with Crippen molar-refractivity contribution >= 4 is 16.0 Å². The number of benzene rings is 2. The highest BCUT2D eigenvalue weighted by molar-refractivity contribution is 7.89. The van der Waals surface area contributed by atoms with Gasteiger partial charge in [-0.25, -0.2) is 13.2 Å². The van der Waals surface area contributed by atoms with E-state index < -0.39 is 27.3 Å². The minimum absolute atomic E-state index is 0.108. The van der Waals surface area contributed by atoms with Gasteiger partial charge in [-0.05, 0) is 30.2 Å². The number of sulfonamides is 1. The average molecular weight is 379 g/mol. The highest BCUT2D eigenvalue weighted by atomic mass is 32.2. The Balaban J connectivity index is 2.49. The first-order valence-electron chi connectivity index (χ1n) is 7.87. The van der Waals surface area contributed by atoms with Crippen molar-refractivity contribution in [2.24, 2.45) is 0 Å². The Bertz CT molecular complexity index is 880. The fourth-order valence-electron chi connectivity index (χ4n) is 2.53. The van der Waals surface area contributed by atoms with Crippen LogP contribution in [0.4, 0.5) is 0 Å². The summed E-state index contributed by atoms with van der Waals surface area (Å²) in [5, 5.41) is 18.9. The maximum absolute atomic E-state index is 13.1. The van der Waals surface area contributed by atoms with Gasteiger partial charge in [0.05, 0.1) is 11.5 Å². The Morgan fingerprint density at radius 1 is 1.19 bits per heavy atom. The van der Waals surface area contributed by atoms with E-state index in [1.807, 2.05) is 30.3 Å². The van der Waals surface area contributed by atoms with Crippen LogP contribution in [0, 0.1) is 6.92 Å². The third-order valence-electron chi connectivity index (χ3n) is 3.89. The Kier molecular flexibility index (Phi) is 6.36. The van der Waals surface area contributed by atoms with E-state index in [1.54, 1.807) is 0 Å². The number of carboxylic acid groups (broad SMARTS) is 1. The molecule has 0 aliphatic heterocycles. The summed E-state index contributed by atoms with van der Waals surface area (Å²) in [6, 6.07) is 11.2. The summed E-state index contributed by atoms with van der Waals surface area (Å²) in [7, 11) is -2.52. The van der Waals surface area contributed by atoms with Crippen molar-refractivity contribution in [3.05, 3.63) is 59.2 Å². The topological polar surface area (TPSA) is 104 Å². The maximum atomic E-state index is 13.1. The number of carbonyl (C=O) groups is 1. The third-order valence-corrected chi connectivity index (χ3v) is 5.88. The Morgan fingerprint density at radius 3 is 2.42 bits per heavy atom. The lowest BCUT2D eigenvalue weighted by Crippen LogP contribution is -2.34. The standard InChI is InChI=1S/C18H21NO6S/c1-13-10-16(20)15(18(21)22)11-17(13)26(23,24)19(8-9-25-2)12-14-6-4-3-5-7-14/h3-7,10-11,20H,8-9,12H2,1-2H3,(H,21,22). The molecule has 0 aromatic heterocycles. The van der Waals surface area contributed by atoms with Gasteiger partial charge < -0.3 is 14.9 Å². The van der Waals surface area contributed by atoms with Crippen LogP contribution in [-0.2, 0) is 21.3 Å². The molecule has 7 nitrogen and oxygen atoms in total. The number of aryl methyl sites for hydroxylation is 1. The molecule has 0 spiro atoms. The van der Waals surface area contributed by atoms with E-state index >= 15 is 0 Å². The second-order valence-corrected chi connectivity index (χ2v) is 7.66. The van der Waals surface area contributed by atoms with Crippen LogP contribution in [0.3, 0.4) is 0 Å². The molecule has 0 aliphatic carbocycles. The average Bonchev–Trinajstić information content (AvgIpc) is 2.58. The number of aromatic hydroxyl groups is 1. The van der Waals surface area contributed by atoms with Crippen LogP contribution in [-0.4, -0.2) is 49.2 Å². The van der Waals surface area contributed by atoms with E-state index in [2.05, 4.69) is 0 Å². The summed E-state index contributed by atoms with van der Waals surface area (Å²) in [5.74, 6) is -1.87. The highest BCUT2D eigenvalue weighted by Crippen LogP contribution is 2.28. The number of carboxylic acids is 1. The Hall–Kier alpha value is -2.42. The molecular weight excluding hydrogens is 358 g/mol. The second-order valence-electron chi connectivity index (χ2n) is 5.76. The molecule has 0 radical (unpaired) electrons. The van der Waals surface area contributed by atoms with Crippen molar-refractivity contribution in [1.82, 2.24) is 4.31 Å². The molecule has 0 atom stereocenters. The highest BCUT2D eigenvalue weighted by Gasteiger charge is 2.28. The van der Waals surface area contributed by atoms with Gasteiger partial charge in [0.1, 0.15) is 11.3 Å². The van der Waals surface area contributed by atoms with Gasteiger partial charge >= 0.3 is 5.97 Å². The molecule has 8 heteroatoms. The van der Waals surface area contributed by atoms with Crippen LogP contribution in [0.5, 0.6) is 5.75 Å². The lowest BCUT2D eigenvalue weighted by atomic mass is 10.1. The normalized spacial score (nSPS) is 11.7. The molecule has 0 saturated heterocycles. The molecule has 2 N–H and O–H groups in total. The van der Waals surface area contributed by atoms with Crippen molar-refractivity contribution in [2.75, 3.05) is 20.3 Å². The van der Waals surface area contributed by atoms with E-state index in [4.69, 9.17) is 4.74 Å². The maximum Gasteiger partial charge on any atom is 0.339 e. The molecule has 2 aromatic rings. The molecule has 2 rings (SSSR count). The first-order chi connectivity index (χ1) is 12.3. The SMILES string of the molecule is COCCN(Cc1ccccc1)S(=O)(=O)c1cc(C(=O)O)c(O)cc1C. The quantitative estimate of drug-likeness (QED) is 0.729. The molecule has 0 heterocycles. The van der Waals surface area contributed by atoms with Gasteiger partial charge in [-0.3, -0.25) is 0 Å². The smallest absolute Gasteiger partial charge is 0.339 e. The summed E-state index contributed by atoms with van der Waals surface area (Å²) >= 11 is 0. The van der Waals surface area contributed by atoms with E-state index in [-0.39, 0.29) is 30.2 Å². The summed E-state index contributed by atoms with van der Waals surface area (Å²) in [5.41, 5.74) is 0.602. The zero-order valence-corrected chi connectivity index (χ0v) is 15.4. The first kappa shape index (κ1) is 19.9. The molecule has 0 unspecified atom stereocenters. The monoisotopic (exact) mass is 379 g/mol. The summed E-state index contributed by atoms with van der Waals surface area (Å²) in [6.07, 6.45) is 0. The molecule has 0 bridgehead atoms.